The second kappa shape index (κ2) is 7.57. The van der Waals surface area contributed by atoms with Gasteiger partial charge < -0.3 is 0 Å². The molecule has 0 saturated heterocycles. The van der Waals surface area contributed by atoms with Crippen LogP contribution in [0.5, 0.6) is 0 Å². The Morgan fingerprint density at radius 1 is 0.821 bits per heavy atom. The van der Waals surface area contributed by atoms with Crippen LogP contribution in [0.25, 0.3) is 10.9 Å². The molecule has 0 aliphatic heterocycles. The fourth-order valence-electron chi connectivity index (χ4n) is 3.29. The fourth-order valence-corrected chi connectivity index (χ4v) is 3.29. The molecule has 0 fully saturated rings. The van der Waals surface area contributed by atoms with Crippen LogP contribution in [-0.2, 0) is 0 Å². The summed E-state index contributed by atoms with van der Waals surface area (Å²) in [5.74, 6) is 0.0319. The molecule has 0 aliphatic carbocycles. The van der Waals surface area contributed by atoms with Gasteiger partial charge in [-0.2, -0.15) is 0 Å². The maximum Gasteiger partial charge on any atom is 0.161 e. The highest BCUT2D eigenvalue weighted by atomic mass is 16.1. The Morgan fingerprint density at radius 3 is 2.00 bits per heavy atom. The van der Waals surface area contributed by atoms with Crippen molar-refractivity contribution in [1.29, 1.82) is 0 Å². The van der Waals surface area contributed by atoms with Crippen molar-refractivity contribution in [2.24, 2.45) is 4.99 Å². The van der Waals surface area contributed by atoms with Gasteiger partial charge in [-0.25, -0.2) is 4.99 Å². The van der Waals surface area contributed by atoms with E-state index in [9.17, 15) is 4.79 Å². The van der Waals surface area contributed by atoms with Crippen molar-refractivity contribution in [1.82, 2.24) is 4.98 Å². The van der Waals surface area contributed by atoms with E-state index in [1.54, 1.807) is 6.92 Å². The van der Waals surface area contributed by atoms with Crippen molar-refractivity contribution < 1.29 is 4.79 Å². The number of aliphatic imine (C=N–C) groups is 1. The molecule has 0 saturated carbocycles. The lowest BCUT2D eigenvalue weighted by atomic mass is 10.0. The molecule has 4 aromatic rings. The zero-order valence-corrected chi connectivity index (χ0v) is 15.9. The Balaban J connectivity index is 1.85. The average Bonchev–Trinajstić information content (AvgIpc) is 2.72. The molecule has 0 unspecified atom stereocenters. The lowest BCUT2D eigenvalue weighted by Crippen LogP contribution is -2.02. The minimum atomic E-state index is 0.0319. The third-order valence-electron chi connectivity index (χ3n) is 4.71. The first-order valence-electron chi connectivity index (χ1n) is 9.24. The number of fused-ring (bicyclic) bond motifs is 1. The summed E-state index contributed by atoms with van der Waals surface area (Å²) in [6.07, 6.45) is 0. The number of nitrogens with zero attached hydrogens (tertiary/aromatic N) is 2. The second-order valence-corrected chi connectivity index (χ2v) is 6.75. The fraction of sp³-hybridized carbons (Fsp3) is 0.0800. The van der Waals surface area contributed by atoms with Crippen molar-refractivity contribution in [3.8, 4) is 0 Å². The molecule has 136 valence electrons. The number of aromatic nitrogens is 1. The van der Waals surface area contributed by atoms with E-state index in [1.165, 1.54) is 0 Å². The predicted octanol–water partition coefficient (Wildman–Crippen LogP) is 5.91. The standard InChI is InChI=1S/C25H20N2O/c1-17-23(18(2)28)15-21-13-14-22(16-24(21)26-17)27-25(19-9-5-3-6-10-19)20-11-7-4-8-12-20/h3-16H,1-2H3. The van der Waals surface area contributed by atoms with Crippen LogP contribution in [0.1, 0.15) is 34.1 Å². The number of aryl methyl sites for hydroxylation is 1. The van der Waals surface area contributed by atoms with E-state index in [0.29, 0.717) is 5.56 Å². The number of carbonyl (C=O) groups excluding carboxylic acids is 1. The number of hydrogen-bond donors (Lipinski definition) is 0. The molecule has 0 spiro atoms. The predicted molar refractivity (Wildman–Crippen MR) is 115 cm³/mol. The third-order valence-corrected chi connectivity index (χ3v) is 4.71. The average molecular weight is 364 g/mol. The topological polar surface area (TPSA) is 42.3 Å². The van der Waals surface area contributed by atoms with Crippen LogP contribution < -0.4 is 0 Å². The molecule has 0 bridgehead atoms. The van der Waals surface area contributed by atoms with Gasteiger partial charge in [0, 0.05) is 27.8 Å². The van der Waals surface area contributed by atoms with E-state index in [-0.39, 0.29) is 5.78 Å². The summed E-state index contributed by atoms with van der Waals surface area (Å²) in [4.78, 5) is 21.3. The molecule has 0 atom stereocenters. The molecule has 0 amide bonds. The summed E-state index contributed by atoms with van der Waals surface area (Å²) >= 11 is 0. The van der Waals surface area contributed by atoms with Gasteiger partial charge in [0.25, 0.3) is 0 Å². The molecule has 4 rings (SSSR count). The molecule has 3 heteroatoms. The number of carbonyl (C=O) groups is 1. The number of benzene rings is 3. The van der Waals surface area contributed by atoms with E-state index >= 15 is 0 Å². The van der Waals surface area contributed by atoms with E-state index in [2.05, 4.69) is 29.2 Å². The van der Waals surface area contributed by atoms with Crippen LogP contribution in [0, 0.1) is 6.92 Å². The Morgan fingerprint density at radius 2 is 1.43 bits per heavy atom. The minimum Gasteiger partial charge on any atom is -0.294 e. The first kappa shape index (κ1) is 17.8. The minimum absolute atomic E-state index is 0.0319. The van der Waals surface area contributed by atoms with Gasteiger partial charge in [-0.1, -0.05) is 66.7 Å². The summed E-state index contributed by atoms with van der Waals surface area (Å²) in [6, 6.07) is 28.1. The molecule has 1 aromatic heterocycles. The zero-order chi connectivity index (χ0) is 19.5. The number of ketones is 1. The summed E-state index contributed by atoms with van der Waals surface area (Å²) in [5.41, 5.74) is 6.11. The monoisotopic (exact) mass is 364 g/mol. The van der Waals surface area contributed by atoms with Crippen molar-refractivity contribution in [2.45, 2.75) is 13.8 Å². The normalized spacial score (nSPS) is 10.6. The highest BCUT2D eigenvalue weighted by molar-refractivity contribution is 6.14. The maximum atomic E-state index is 11.8. The largest absolute Gasteiger partial charge is 0.294 e. The Hall–Kier alpha value is -3.59. The van der Waals surface area contributed by atoms with Gasteiger partial charge in [-0.05, 0) is 32.0 Å². The molecule has 28 heavy (non-hydrogen) atoms. The van der Waals surface area contributed by atoms with Gasteiger partial charge in [0.05, 0.1) is 16.9 Å². The van der Waals surface area contributed by atoms with E-state index in [0.717, 1.165) is 39.1 Å². The zero-order valence-electron chi connectivity index (χ0n) is 15.9. The van der Waals surface area contributed by atoms with Crippen LogP contribution in [-0.4, -0.2) is 16.5 Å². The van der Waals surface area contributed by atoms with Crippen LogP contribution in [0.4, 0.5) is 5.69 Å². The maximum absolute atomic E-state index is 11.8. The molecule has 3 nitrogen and oxygen atoms in total. The summed E-state index contributed by atoms with van der Waals surface area (Å²) < 4.78 is 0. The highest BCUT2D eigenvalue weighted by Crippen LogP contribution is 2.24. The van der Waals surface area contributed by atoms with Gasteiger partial charge in [-0.15, -0.1) is 0 Å². The molecule has 0 radical (unpaired) electrons. The molecule has 0 aliphatic rings. The van der Waals surface area contributed by atoms with E-state index in [4.69, 9.17) is 4.99 Å². The Labute approximate surface area is 164 Å². The lowest BCUT2D eigenvalue weighted by Gasteiger charge is -2.09. The van der Waals surface area contributed by atoms with Crippen molar-refractivity contribution in [3.05, 3.63) is 107 Å². The molecule has 1 heterocycles. The van der Waals surface area contributed by atoms with Gasteiger partial charge in [-0.3, -0.25) is 9.78 Å². The number of pyridine rings is 1. The second-order valence-electron chi connectivity index (χ2n) is 6.75. The number of hydrogen-bond acceptors (Lipinski definition) is 3. The smallest absolute Gasteiger partial charge is 0.161 e. The molecule has 3 aromatic carbocycles. The molecular weight excluding hydrogens is 344 g/mol. The molecule has 0 N–H and O–H groups in total. The van der Waals surface area contributed by atoms with Gasteiger partial charge in [0.1, 0.15) is 0 Å². The van der Waals surface area contributed by atoms with E-state index in [1.807, 2.05) is 67.6 Å². The molecular formula is C25H20N2O. The van der Waals surface area contributed by atoms with Crippen molar-refractivity contribution in [3.63, 3.8) is 0 Å². The quantitative estimate of drug-likeness (QED) is 0.333. The van der Waals surface area contributed by atoms with Crippen LogP contribution in [0.15, 0.2) is 89.9 Å². The summed E-state index contributed by atoms with van der Waals surface area (Å²) in [5, 5.41) is 0.940. The number of rotatable bonds is 4. The van der Waals surface area contributed by atoms with Crippen LogP contribution in [0.3, 0.4) is 0 Å². The van der Waals surface area contributed by atoms with Crippen molar-refractivity contribution >= 4 is 28.1 Å². The number of Topliss-reactive ketones (excluding diaryl/α,β-unsaturated/α-hetero) is 1. The van der Waals surface area contributed by atoms with Crippen LogP contribution >= 0.6 is 0 Å². The third kappa shape index (κ3) is 3.60. The SMILES string of the molecule is CC(=O)c1cc2ccc(N=C(c3ccccc3)c3ccccc3)cc2nc1C. The van der Waals surface area contributed by atoms with Gasteiger partial charge >= 0.3 is 0 Å². The first-order valence-corrected chi connectivity index (χ1v) is 9.24. The highest BCUT2D eigenvalue weighted by Gasteiger charge is 2.10. The lowest BCUT2D eigenvalue weighted by molar-refractivity contribution is 0.101. The van der Waals surface area contributed by atoms with Gasteiger partial charge in [0.15, 0.2) is 5.78 Å². The van der Waals surface area contributed by atoms with Crippen molar-refractivity contribution in [2.75, 3.05) is 0 Å². The summed E-state index contributed by atoms with van der Waals surface area (Å²) in [6.45, 7) is 3.44. The Bertz CT molecular complexity index is 1140. The van der Waals surface area contributed by atoms with Gasteiger partial charge in [0.2, 0.25) is 0 Å². The first-order chi connectivity index (χ1) is 13.6. The summed E-state index contributed by atoms with van der Waals surface area (Å²) in [7, 11) is 0. The van der Waals surface area contributed by atoms with Crippen LogP contribution in [0.2, 0.25) is 0 Å². The van der Waals surface area contributed by atoms with E-state index < -0.39 is 0 Å². The Kier molecular flexibility index (Phi) is 4.81.